The standard InChI is InChI=1S/C9H11F3N2O3/c1-3-16-8(15)5(2)7-13-6(14-17-7)4-9(10,11)12/h5H,3-4H2,1-2H3. The van der Waals surface area contributed by atoms with Crippen LogP contribution in [0, 0.1) is 0 Å². The fourth-order valence-corrected chi connectivity index (χ4v) is 1.06. The summed E-state index contributed by atoms with van der Waals surface area (Å²) in [5.41, 5.74) is 0. The number of nitrogens with zero attached hydrogens (tertiary/aromatic N) is 2. The zero-order chi connectivity index (χ0) is 13.1. The first-order chi connectivity index (χ1) is 7.83. The lowest BCUT2D eigenvalue weighted by Crippen LogP contribution is -2.14. The first-order valence-electron chi connectivity index (χ1n) is 4.89. The molecule has 8 heteroatoms. The van der Waals surface area contributed by atoms with Gasteiger partial charge in [-0.25, -0.2) is 0 Å². The minimum atomic E-state index is -4.41. The molecule has 0 bridgehead atoms. The van der Waals surface area contributed by atoms with E-state index < -0.39 is 30.3 Å². The van der Waals surface area contributed by atoms with Crippen molar-refractivity contribution in [2.24, 2.45) is 0 Å². The second-order valence-corrected chi connectivity index (χ2v) is 3.31. The molecular formula is C9H11F3N2O3. The van der Waals surface area contributed by atoms with Gasteiger partial charge >= 0.3 is 12.1 Å². The highest BCUT2D eigenvalue weighted by Gasteiger charge is 2.32. The molecule has 0 aliphatic carbocycles. The van der Waals surface area contributed by atoms with Crippen molar-refractivity contribution in [3.8, 4) is 0 Å². The molecule has 17 heavy (non-hydrogen) atoms. The third kappa shape index (κ3) is 4.04. The summed E-state index contributed by atoms with van der Waals surface area (Å²) >= 11 is 0. The molecule has 1 aromatic heterocycles. The van der Waals surface area contributed by atoms with Crippen molar-refractivity contribution >= 4 is 5.97 Å². The van der Waals surface area contributed by atoms with Crippen molar-refractivity contribution in [2.75, 3.05) is 6.61 Å². The van der Waals surface area contributed by atoms with E-state index in [1.165, 1.54) is 6.92 Å². The first-order valence-corrected chi connectivity index (χ1v) is 4.89. The lowest BCUT2D eigenvalue weighted by Gasteiger charge is -2.04. The van der Waals surface area contributed by atoms with Crippen LogP contribution in [0.3, 0.4) is 0 Å². The van der Waals surface area contributed by atoms with Gasteiger partial charge in [0.15, 0.2) is 5.82 Å². The Hall–Kier alpha value is -1.60. The summed E-state index contributed by atoms with van der Waals surface area (Å²) in [5.74, 6) is -2.16. The Bertz CT molecular complexity index is 389. The minimum absolute atomic E-state index is 0.173. The van der Waals surface area contributed by atoms with Crippen LogP contribution in [0.1, 0.15) is 31.5 Å². The van der Waals surface area contributed by atoms with Crippen LogP contribution in [-0.4, -0.2) is 28.9 Å². The van der Waals surface area contributed by atoms with Crippen LogP contribution in [0.25, 0.3) is 0 Å². The monoisotopic (exact) mass is 252 g/mol. The van der Waals surface area contributed by atoms with E-state index in [4.69, 9.17) is 0 Å². The third-order valence-corrected chi connectivity index (χ3v) is 1.85. The van der Waals surface area contributed by atoms with Gasteiger partial charge in [-0.3, -0.25) is 4.79 Å². The molecular weight excluding hydrogens is 241 g/mol. The van der Waals surface area contributed by atoms with Crippen LogP contribution in [0.5, 0.6) is 0 Å². The summed E-state index contributed by atoms with van der Waals surface area (Å²) in [6.07, 6.45) is -5.69. The van der Waals surface area contributed by atoms with Crippen LogP contribution in [0.2, 0.25) is 0 Å². The Balaban J connectivity index is 2.71. The van der Waals surface area contributed by atoms with Crippen molar-refractivity contribution in [1.29, 1.82) is 0 Å². The highest BCUT2D eigenvalue weighted by Crippen LogP contribution is 2.21. The molecule has 0 aromatic carbocycles. The zero-order valence-electron chi connectivity index (χ0n) is 9.24. The van der Waals surface area contributed by atoms with E-state index in [0.29, 0.717) is 0 Å². The van der Waals surface area contributed by atoms with E-state index >= 15 is 0 Å². The van der Waals surface area contributed by atoms with Gasteiger partial charge in [0, 0.05) is 0 Å². The van der Waals surface area contributed by atoms with Crippen molar-refractivity contribution in [2.45, 2.75) is 32.4 Å². The van der Waals surface area contributed by atoms with Gasteiger partial charge in [-0.2, -0.15) is 18.2 Å². The van der Waals surface area contributed by atoms with Gasteiger partial charge in [-0.15, -0.1) is 0 Å². The maximum Gasteiger partial charge on any atom is 0.396 e. The quantitative estimate of drug-likeness (QED) is 0.765. The normalized spacial score (nSPS) is 13.5. The molecule has 0 aliphatic rings. The summed E-state index contributed by atoms with van der Waals surface area (Å²) in [7, 11) is 0. The van der Waals surface area contributed by atoms with Crippen LogP contribution in [0.15, 0.2) is 4.52 Å². The summed E-state index contributed by atoms with van der Waals surface area (Å²) in [6, 6.07) is 0. The Kier molecular flexibility index (Phi) is 4.08. The van der Waals surface area contributed by atoms with E-state index in [9.17, 15) is 18.0 Å². The summed E-state index contributed by atoms with van der Waals surface area (Å²) in [6.45, 7) is 3.21. The molecule has 0 saturated carbocycles. The maximum atomic E-state index is 12.0. The lowest BCUT2D eigenvalue weighted by molar-refractivity contribution is -0.145. The Labute approximate surface area is 94.9 Å². The van der Waals surface area contributed by atoms with Crippen LogP contribution >= 0.6 is 0 Å². The molecule has 0 fully saturated rings. The summed E-state index contributed by atoms with van der Waals surface area (Å²) < 4.78 is 45.3. The fraction of sp³-hybridized carbons (Fsp3) is 0.667. The second-order valence-electron chi connectivity index (χ2n) is 3.31. The molecule has 96 valence electrons. The predicted molar refractivity (Wildman–Crippen MR) is 49.1 cm³/mol. The van der Waals surface area contributed by atoms with E-state index in [2.05, 4.69) is 19.4 Å². The third-order valence-electron chi connectivity index (χ3n) is 1.85. The average molecular weight is 252 g/mol. The average Bonchev–Trinajstić information content (AvgIpc) is 2.62. The smallest absolute Gasteiger partial charge is 0.396 e. The number of hydrogen-bond donors (Lipinski definition) is 0. The van der Waals surface area contributed by atoms with Gasteiger partial charge in [0.2, 0.25) is 5.89 Å². The van der Waals surface area contributed by atoms with Crippen LogP contribution in [0.4, 0.5) is 13.2 Å². The van der Waals surface area contributed by atoms with Gasteiger partial charge in [-0.1, -0.05) is 5.16 Å². The van der Waals surface area contributed by atoms with Crippen LogP contribution in [-0.2, 0) is 16.0 Å². The Morgan fingerprint density at radius 1 is 1.53 bits per heavy atom. The molecule has 1 aromatic rings. The number of halogens is 3. The van der Waals surface area contributed by atoms with Crippen molar-refractivity contribution < 1.29 is 27.2 Å². The topological polar surface area (TPSA) is 65.2 Å². The number of carbonyl (C=O) groups is 1. The summed E-state index contributed by atoms with van der Waals surface area (Å²) in [4.78, 5) is 14.8. The number of alkyl halides is 3. The summed E-state index contributed by atoms with van der Waals surface area (Å²) in [5, 5.41) is 3.15. The van der Waals surface area contributed by atoms with Crippen molar-refractivity contribution in [3.63, 3.8) is 0 Å². The highest BCUT2D eigenvalue weighted by molar-refractivity contribution is 5.76. The maximum absolute atomic E-state index is 12.0. The highest BCUT2D eigenvalue weighted by atomic mass is 19.4. The number of rotatable bonds is 4. The fourth-order valence-electron chi connectivity index (χ4n) is 1.06. The first kappa shape index (κ1) is 13.5. The molecule has 0 spiro atoms. The molecule has 0 N–H and O–H groups in total. The van der Waals surface area contributed by atoms with Gasteiger partial charge in [0.1, 0.15) is 12.3 Å². The predicted octanol–water partition coefficient (Wildman–Crippen LogP) is 1.84. The van der Waals surface area contributed by atoms with E-state index in [1.54, 1.807) is 6.92 Å². The number of esters is 1. The van der Waals surface area contributed by atoms with Crippen molar-refractivity contribution in [3.05, 3.63) is 11.7 Å². The molecule has 1 atom stereocenters. The van der Waals surface area contributed by atoms with E-state index in [0.717, 1.165) is 0 Å². The number of hydrogen-bond acceptors (Lipinski definition) is 5. The SMILES string of the molecule is CCOC(=O)C(C)c1nc(CC(F)(F)F)no1. The number of ether oxygens (including phenoxy) is 1. The number of aromatic nitrogens is 2. The molecule has 0 amide bonds. The van der Waals surface area contributed by atoms with Gasteiger partial charge in [0.25, 0.3) is 0 Å². The lowest BCUT2D eigenvalue weighted by atomic mass is 10.2. The van der Waals surface area contributed by atoms with E-state index in [1.807, 2.05) is 0 Å². The molecule has 1 heterocycles. The molecule has 0 saturated heterocycles. The van der Waals surface area contributed by atoms with E-state index in [-0.39, 0.29) is 12.5 Å². The van der Waals surface area contributed by atoms with Gasteiger partial charge in [0.05, 0.1) is 6.61 Å². The molecule has 1 unspecified atom stereocenters. The second kappa shape index (κ2) is 5.15. The minimum Gasteiger partial charge on any atom is -0.465 e. The largest absolute Gasteiger partial charge is 0.465 e. The Morgan fingerprint density at radius 2 is 2.18 bits per heavy atom. The molecule has 0 aliphatic heterocycles. The van der Waals surface area contributed by atoms with Crippen molar-refractivity contribution in [1.82, 2.24) is 10.1 Å². The molecule has 5 nitrogen and oxygen atoms in total. The molecule has 0 radical (unpaired) electrons. The van der Waals surface area contributed by atoms with Gasteiger partial charge < -0.3 is 9.26 Å². The number of carbonyl (C=O) groups excluding carboxylic acids is 1. The van der Waals surface area contributed by atoms with Gasteiger partial charge in [-0.05, 0) is 13.8 Å². The van der Waals surface area contributed by atoms with Crippen LogP contribution < -0.4 is 0 Å². The molecule has 1 rings (SSSR count). The zero-order valence-corrected chi connectivity index (χ0v) is 9.24. The Morgan fingerprint density at radius 3 is 2.71 bits per heavy atom.